The van der Waals surface area contributed by atoms with Gasteiger partial charge in [-0.05, 0) is 63.4 Å². The van der Waals surface area contributed by atoms with Crippen LogP contribution in [0.25, 0.3) is 11.0 Å². The minimum Gasteiger partial charge on any atom is -0.341 e. The standard InChI is InChI=1S/C17H25N3/c1-4-5-17(6-8-18-9-7-17)16-19-14-11-12(2)10-13(3)15(14)20-16/h10-11,18H,4-9H2,1-3H3,(H,19,20). The Balaban J connectivity index is 2.09. The van der Waals surface area contributed by atoms with Crippen molar-refractivity contribution in [2.45, 2.75) is 51.9 Å². The number of benzene rings is 1. The highest BCUT2D eigenvalue weighted by molar-refractivity contribution is 5.79. The molecule has 1 saturated heterocycles. The third kappa shape index (κ3) is 2.24. The third-order valence-corrected chi connectivity index (χ3v) is 4.71. The SMILES string of the molecule is CCCC1(c2nc3c(C)cc(C)cc3[nH]2)CCNCC1. The summed E-state index contributed by atoms with van der Waals surface area (Å²) in [5.41, 5.74) is 5.19. The molecule has 3 rings (SSSR count). The maximum Gasteiger partial charge on any atom is 0.113 e. The van der Waals surface area contributed by atoms with Crippen LogP contribution in [0.3, 0.4) is 0 Å². The number of hydrogen-bond acceptors (Lipinski definition) is 2. The summed E-state index contributed by atoms with van der Waals surface area (Å²) < 4.78 is 0. The number of aromatic nitrogens is 2. The first-order valence-corrected chi connectivity index (χ1v) is 7.83. The number of rotatable bonds is 3. The highest BCUT2D eigenvalue weighted by Gasteiger charge is 2.35. The average Bonchev–Trinajstić information content (AvgIpc) is 2.85. The number of nitrogens with zero attached hydrogens (tertiary/aromatic N) is 1. The van der Waals surface area contributed by atoms with Crippen molar-refractivity contribution in [1.82, 2.24) is 15.3 Å². The fourth-order valence-corrected chi connectivity index (χ4v) is 3.71. The number of aromatic amines is 1. The van der Waals surface area contributed by atoms with Gasteiger partial charge >= 0.3 is 0 Å². The minimum absolute atomic E-state index is 0.249. The molecule has 3 nitrogen and oxygen atoms in total. The predicted octanol–water partition coefficient (Wildman–Crippen LogP) is 3.60. The van der Waals surface area contributed by atoms with E-state index in [9.17, 15) is 0 Å². The van der Waals surface area contributed by atoms with E-state index < -0.39 is 0 Å². The van der Waals surface area contributed by atoms with Gasteiger partial charge in [-0.3, -0.25) is 0 Å². The number of aryl methyl sites for hydroxylation is 2. The Morgan fingerprint density at radius 3 is 2.65 bits per heavy atom. The molecule has 0 unspecified atom stereocenters. The molecule has 1 aliphatic heterocycles. The minimum atomic E-state index is 0.249. The van der Waals surface area contributed by atoms with E-state index in [2.05, 4.69) is 43.2 Å². The van der Waals surface area contributed by atoms with Crippen LogP contribution in [0.15, 0.2) is 12.1 Å². The van der Waals surface area contributed by atoms with Crippen LogP contribution in [-0.4, -0.2) is 23.1 Å². The van der Waals surface area contributed by atoms with Crippen LogP contribution >= 0.6 is 0 Å². The van der Waals surface area contributed by atoms with Crippen molar-refractivity contribution in [3.63, 3.8) is 0 Å². The fourth-order valence-electron chi connectivity index (χ4n) is 3.71. The topological polar surface area (TPSA) is 40.7 Å². The summed E-state index contributed by atoms with van der Waals surface area (Å²) in [5, 5.41) is 3.48. The molecule has 1 aromatic carbocycles. The lowest BCUT2D eigenvalue weighted by Gasteiger charge is -2.35. The van der Waals surface area contributed by atoms with Gasteiger partial charge < -0.3 is 10.3 Å². The maximum absolute atomic E-state index is 4.98. The zero-order valence-corrected chi connectivity index (χ0v) is 12.8. The molecule has 2 aromatic rings. The largest absolute Gasteiger partial charge is 0.341 e. The van der Waals surface area contributed by atoms with Gasteiger partial charge in [0.2, 0.25) is 0 Å². The van der Waals surface area contributed by atoms with E-state index in [1.807, 2.05) is 0 Å². The van der Waals surface area contributed by atoms with Crippen LogP contribution in [0.2, 0.25) is 0 Å². The van der Waals surface area contributed by atoms with Crippen LogP contribution in [0.4, 0.5) is 0 Å². The second-order valence-corrected chi connectivity index (χ2v) is 6.34. The molecule has 20 heavy (non-hydrogen) atoms. The first-order valence-electron chi connectivity index (χ1n) is 7.83. The summed E-state index contributed by atoms with van der Waals surface area (Å²) in [5.74, 6) is 1.21. The van der Waals surface area contributed by atoms with Crippen molar-refractivity contribution < 1.29 is 0 Å². The van der Waals surface area contributed by atoms with E-state index >= 15 is 0 Å². The molecule has 0 amide bonds. The monoisotopic (exact) mass is 271 g/mol. The summed E-state index contributed by atoms with van der Waals surface area (Å²) in [6, 6.07) is 4.45. The van der Waals surface area contributed by atoms with E-state index in [0.29, 0.717) is 0 Å². The summed E-state index contributed by atoms with van der Waals surface area (Å²) in [6.07, 6.45) is 4.83. The number of H-pyrrole nitrogens is 1. The molecule has 1 fully saturated rings. The second kappa shape index (κ2) is 5.21. The Labute approximate surface area is 121 Å². The van der Waals surface area contributed by atoms with E-state index in [-0.39, 0.29) is 5.41 Å². The molecule has 108 valence electrons. The summed E-state index contributed by atoms with van der Waals surface area (Å²) >= 11 is 0. The van der Waals surface area contributed by atoms with Gasteiger partial charge in [0.25, 0.3) is 0 Å². The van der Waals surface area contributed by atoms with E-state index in [0.717, 1.165) is 18.6 Å². The van der Waals surface area contributed by atoms with Gasteiger partial charge in [0.15, 0.2) is 0 Å². The quantitative estimate of drug-likeness (QED) is 0.895. The fraction of sp³-hybridized carbons (Fsp3) is 0.588. The van der Waals surface area contributed by atoms with Gasteiger partial charge in [0.1, 0.15) is 5.82 Å². The smallest absolute Gasteiger partial charge is 0.113 e. The first-order chi connectivity index (χ1) is 9.64. The molecule has 0 radical (unpaired) electrons. The highest BCUT2D eigenvalue weighted by atomic mass is 15.0. The Kier molecular flexibility index (Phi) is 3.55. The molecule has 0 saturated carbocycles. The van der Waals surface area contributed by atoms with Crippen molar-refractivity contribution in [1.29, 1.82) is 0 Å². The Hall–Kier alpha value is -1.35. The lowest BCUT2D eigenvalue weighted by atomic mass is 9.75. The molecule has 2 heterocycles. The molecule has 0 aliphatic carbocycles. The number of piperidine rings is 1. The molecular weight excluding hydrogens is 246 g/mol. The zero-order valence-electron chi connectivity index (χ0n) is 12.8. The van der Waals surface area contributed by atoms with E-state index in [4.69, 9.17) is 4.98 Å². The van der Waals surface area contributed by atoms with Crippen molar-refractivity contribution in [2.24, 2.45) is 0 Å². The van der Waals surface area contributed by atoms with Crippen LogP contribution in [0, 0.1) is 13.8 Å². The average molecular weight is 271 g/mol. The van der Waals surface area contributed by atoms with Gasteiger partial charge in [0, 0.05) is 5.41 Å². The van der Waals surface area contributed by atoms with Gasteiger partial charge in [-0.15, -0.1) is 0 Å². The van der Waals surface area contributed by atoms with Crippen LogP contribution in [0.1, 0.15) is 49.6 Å². The third-order valence-electron chi connectivity index (χ3n) is 4.71. The molecule has 0 spiro atoms. The Morgan fingerprint density at radius 1 is 1.20 bits per heavy atom. The van der Waals surface area contributed by atoms with Crippen LogP contribution in [0.5, 0.6) is 0 Å². The van der Waals surface area contributed by atoms with E-state index in [1.54, 1.807) is 0 Å². The molecule has 2 N–H and O–H groups in total. The molecule has 1 aliphatic rings. The lowest BCUT2D eigenvalue weighted by Crippen LogP contribution is -2.40. The maximum atomic E-state index is 4.98. The summed E-state index contributed by atoms with van der Waals surface area (Å²) in [6.45, 7) is 8.81. The van der Waals surface area contributed by atoms with Gasteiger partial charge in [-0.25, -0.2) is 4.98 Å². The Bertz CT molecular complexity index is 600. The van der Waals surface area contributed by atoms with Crippen molar-refractivity contribution in [3.05, 3.63) is 29.1 Å². The Morgan fingerprint density at radius 2 is 1.95 bits per heavy atom. The molecule has 0 atom stereocenters. The second-order valence-electron chi connectivity index (χ2n) is 6.34. The van der Waals surface area contributed by atoms with Gasteiger partial charge in [-0.1, -0.05) is 19.4 Å². The molecular formula is C17H25N3. The molecule has 3 heteroatoms. The van der Waals surface area contributed by atoms with Crippen LogP contribution in [-0.2, 0) is 5.41 Å². The number of fused-ring (bicyclic) bond motifs is 1. The van der Waals surface area contributed by atoms with Crippen LogP contribution < -0.4 is 5.32 Å². The normalized spacial score (nSPS) is 18.6. The van der Waals surface area contributed by atoms with Crippen molar-refractivity contribution in [3.8, 4) is 0 Å². The number of hydrogen-bond donors (Lipinski definition) is 2. The highest BCUT2D eigenvalue weighted by Crippen LogP contribution is 2.37. The summed E-state index contributed by atoms with van der Waals surface area (Å²) in [7, 11) is 0. The first kappa shape index (κ1) is 13.6. The van der Waals surface area contributed by atoms with Crippen molar-refractivity contribution in [2.75, 3.05) is 13.1 Å². The summed E-state index contributed by atoms with van der Waals surface area (Å²) in [4.78, 5) is 8.62. The predicted molar refractivity (Wildman–Crippen MR) is 84.3 cm³/mol. The number of nitrogens with one attached hydrogen (secondary N) is 2. The molecule has 0 bridgehead atoms. The van der Waals surface area contributed by atoms with E-state index in [1.165, 1.54) is 48.2 Å². The number of imidazole rings is 1. The molecule has 1 aromatic heterocycles. The van der Waals surface area contributed by atoms with Crippen molar-refractivity contribution >= 4 is 11.0 Å². The van der Waals surface area contributed by atoms with Gasteiger partial charge in [-0.2, -0.15) is 0 Å². The lowest BCUT2D eigenvalue weighted by molar-refractivity contribution is 0.273. The van der Waals surface area contributed by atoms with Gasteiger partial charge in [0.05, 0.1) is 11.0 Å². The zero-order chi connectivity index (χ0) is 14.2.